The highest BCUT2D eigenvalue weighted by Gasteiger charge is 2.36. The summed E-state index contributed by atoms with van der Waals surface area (Å²) in [5.74, 6) is 2.05. The Kier molecular flexibility index (Phi) is 7.23. The molecule has 0 spiro atoms. The monoisotopic (exact) mass is 492 g/mol. The number of hydrogen-bond acceptors (Lipinski definition) is 5. The van der Waals surface area contributed by atoms with E-state index in [1.165, 1.54) is 63.9 Å². The number of anilines is 1. The van der Waals surface area contributed by atoms with Gasteiger partial charge in [-0.1, -0.05) is 37.3 Å². The topological polar surface area (TPSA) is 70.4 Å². The third-order valence-corrected chi connectivity index (χ3v) is 8.29. The van der Waals surface area contributed by atoms with Crippen LogP contribution in [0.3, 0.4) is 0 Å². The molecule has 0 bridgehead atoms. The van der Waals surface area contributed by atoms with Gasteiger partial charge in [-0.2, -0.15) is 13.2 Å². The number of alkyl halides is 3. The summed E-state index contributed by atoms with van der Waals surface area (Å²) >= 11 is 0. The maximum atomic E-state index is 13.0. The van der Waals surface area contributed by atoms with E-state index in [-0.39, 0.29) is 41.7 Å². The summed E-state index contributed by atoms with van der Waals surface area (Å²) in [7, 11) is 0. The van der Waals surface area contributed by atoms with Crippen molar-refractivity contribution in [2.45, 2.75) is 82.5 Å². The lowest BCUT2D eigenvalue weighted by atomic mass is 9.72. The lowest BCUT2D eigenvalue weighted by Gasteiger charge is -2.47. The Morgan fingerprint density at radius 3 is 2.46 bits per heavy atom. The molecule has 0 atom stereocenters. The number of halogens is 3. The van der Waals surface area contributed by atoms with Gasteiger partial charge in [0.25, 0.3) is 0 Å². The van der Waals surface area contributed by atoms with Crippen LogP contribution in [0.2, 0.25) is 0 Å². The van der Waals surface area contributed by atoms with Crippen molar-refractivity contribution in [2.75, 3.05) is 25.0 Å². The second-order valence-corrected chi connectivity index (χ2v) is 10.6. The van der Waals surface area contributed by atoms with Crippen molar-refractivity contribution in [3.8, 4) is 0 Å². The van der Waals surface area contributed by atoms with Gasteiger partial charge in [-0.3, -0.25) is 9.69 Å². The maximum Gasteiger partial charge on any atom is 0.416 e. The van der Waals surface area contributed by atoms with E-state index in [0.717, 1.165) is 37.1 Å². The number of hydrogen-bond donors (Lipinski definition) is 2. The predicted molar refractivity (Wildman–Crippen MR) is 128 cm³/mol. The van der Waals surface area contributed by atoms with E-state index in [4.69, 9.17) is 4.52 Å². The molecule has 2 N–H and O–H groups in total. The van der Waals surface area contributed by atoms with Crippen LogP contribution in [0.15, 0.2) is 22.7 Å². The van der Waals surface area contributed by atoms with Crippen LogP contribution in [0.4, 0.5) is 19.0 Å². The zero-order valence-electron chi connectivity index (χ0n) is 20.1. The first-order valence-corrected chi connectivity index (χ1v) is 13.1. The summed E-state index contributed by atoms with van der Waals surface area (Å²) in [5.41, 5.74) is -0.488. The first kappa shape index (κ1) is 24.4. The van der Waals surface area contributed by atoms with Crippen molar-refractivity contribution in [2.24, 2.45) is 11.8 Å². The number of rotatable bonds is 7. The van der Waals surface area contributed by atoms with Crippen LogP contribution in [0.25, 0.3) is 11.0 Å². The molecule has 2 saturated carbocycles. The van der Waals surface area contributed by atoms with E-state index in [2.05, 4.69) is 20.7 Å². The summed E-state index contributed by atoms with van der Waals surface area (Å²) in [6.07, 6.45) is 8.19. The predicted octanol–water partition coefficient (Wildman–Crippen LogP) is 5.59. The van der Waals surface area contributed by atoms with Gasteiger partial charge in [-0.05, 0) is 55.7 Å². The molecule has 1 aromatic heterocycles. The quantitative estimate of drug-likeness (QED) is 0.528. The van der Waals surface area contributed by atoms with Crippen molar-refractivity contribution in [1.82, 2.24) is 15.4 Å². The molecule has 35 heavy (non-hydrogen) atoms. The first-order valence-electron chi connectivity index (χ1n) is 13.1. The van der Waals surface area contributed by atoms with Gasteiger partial charge >= 0.3 is 6.18 Å². The van der Waals surface area contributed by atoms with Gasteiger partial charge in [-0.25, -0.2) is 0 Å². The van der Waals surface area contributed by atoms with Crippen LogP contribution in [0.1, 0.15) is 69.8 Å². The van der Waals surface area contributed by atoms with Crippen molar-refractivity contribution in [1.29, 1.82) is 0 Å². The Morgan fingerprint density at radius 1 is 1.03 bits per heavy atom. The smallest absolute Gasteiger partial charge is 0.366 e. The van der Waals surface area contributed by atoms with E-state index >= 15 is 0 Å². The molecule has 2 aromatic rings. The first-order chi connectivity index (χ1) is 16.9. The van der Waals surface area contributed by atoms with Crippen molar-refractivity contribution in [3.63, 3.8) is 0 Å². The van der Waals surface area contributed by atoms with Crippen molar-refractivity contribution in [3.05, 3.63) is 23.8 Å². The minimum absolute atomic E-state index is 0.0630. The Labute approximate surface area is 204 Å². The number of amides is 1. The van der Waals surface area contributed by atoms with Crippen LogP contribution in [0.5, 0.6) is 0 Å². The Hall–Kier alpha value is -2.29. The van der Waals surface area contributed by atoms with Crippen LogP contribution in [-0.4, -0.2) is 47.7 Å². The highest BCUT2D eigenvalue weighted by Crippen LogP contribution is 2.40. The fourth-order valence-electron chi connectivity index (χ4n) is 6.28. The third kappa shape index (κ3) is 5.76. The number of fused-ring (bicyclic) bond motifs is 1. The number of carbonyl (C=O) groups is 1. The summed E-state index contributed by atoms with van der Waals surface area (Å²) < 4.78 is 44.0. The van der Waals surface area contributed by atoms with Crippen molar-refractivity contribution < 1.29 is 22.5 Å². The highest BCUT2D eigenvalue weighted by atomic mass is 19.4. The van der Waals surface area contributed by atoms with Gasteiger partial charge in [0.15, 0.2) is 11.4 Å². The molecule has 192 valence electrons. The zero-order valence-corrected chi connectivity index (χ0v) is 20.1. The molecule has 1 amide bonds. The van der Waals surface area contributed by atoms with Crippen LogP contribution in [0, 0.1) is 11.8 Å². The second kappa shape index (κ2) is 10.4. The molecule has 3 fully saturated rings. The molecule has 2 heterocycles. The molecule has 2 aliphatic carbocycles. The van der Waals surface area contributed by atoms with E-state index in [1.54, 1.807) is 0 Å². The number of likely N-dealkylation sites (tertiary alicyclic amines) is 1. The van der Waals surface area contributed by atoms with E-state index < -0.39 is 11.7 Å². The minimum Gasteiger partial charge on any atom is -0.366 e. The summed E-state index contributed by atoms with van der Waals surface area (Å²) in [6.45, 7) is 2.09. The molecule has 1 aliphatic heterocycles. The normalized spacial score (nSPS) is 24.9. The molecular weight excluding hydrogens is 457 g/mol. The second-order valence-electron chi connectivity index (χ2n) is 10.6. The Balaban J connectivity index is 1.01. The fraction of sp³-hybridized carbons (Fsp3) is 0.692. The van der Waals surface area contributed by atoms with Crippen molar-refractivity contribution >= 4 is 22.7 Å². The van der Waals surface area contributed by atoms with Crippen LogP contribution >= 0.6 is 0 Å². The van der Waals surface area contributed by atoms with E-state index in [0.29, 0.717) is 6.04 Å². The lowest BCUT2D eigenvalue weighted by Crippen LogP contribution is -2.62. The molecule has 1 aromatic carbocycles. The van der Waals surface area contributed by atoms with Gasteiger partial charge in [0.05, 0.1) is 17.0 Å². The molecule has 6 nitrogen and oxygen atoms in total. The summed E-state index contributed by atoms with van der Waals surface area (Å²) in [6, 6.07) is 4.08. The average Bonchev–Trinajstić information content (AvgIpc) is 3.24. The number of carbonyl (C=O) groups excluding carboxylic acids is 1. The molecule has 3 aliphatic rings. The number of nitrogens with one attached hydrogen (secondary N) is 2. The van der Waals surface area contributed by atoms with Gasteiger partial charge < -0.3 is 15.2 Å². The molecule has 5 rings (SSSR count). The minimum atomic E-state index is -4.44. The fourth-order valence-corrected chi connectivity index (χ4v) is 6.28. The standard InChI is InChI=1S/C26H35F3N4O2/c27-26(28,29)19-8-11-23-22(14-19)25(32-35-23)30-13-12-24(34)31-20-15-33(16-20)21-9-6-18(7-10-21)17-4-2-1-3-5-17/h8,11,14,17-18,20-21H,1-7,9-10,12-13,15-16H2,(H,30,32)(H,31,34). The Morgan fingerprint density at radius 2 is 1.74 bits per heavy atom. The molecular formula is C26H35F3N4O2. The SMILES string of the molecule is O=C(CCNc1noc2ccc(C(F)(F)F)cc12)NC1CN(C2CCC(C3CCCCC3)CC2)C1. The maximum absolute atomic E-state index is 13.0. The molecule has 9 heteroatoms. The number of nitrogens with zero attached hydrogens (tertiary/aromatic N) is 2. The Bertz CT molecular complexity index is 1000. The molecule has 0 radical (unpaired) electrons. The largest absolute Gasteiger partial charge is 0.416 e. The van der Waals surface area contributed by atoms with E-state index in [9.17, 15) is 18.0 Å². The highest BCUT2D eigenvalue weighted by molar-refractivity contribution is 5.89. The number of benzene rings is 1. The molecule has 0 unspecified atom stereocenters. The number of aromatic nitrogens is 1. The lowest BCUT2D eigenvalue weighted by molar-refractivity contribution is -0.137. The average molecular weight is 493 g/mol. The van der Waals surface area contributed by atoms with Crippen LogP contribution in [-0.2, 0) is 11.0 Å². The third-order valence-electron chi connectivity index (χ3n) is 8.29. The van der Waals surface area contributed by atoms with Gasteiger partial charge in [-0.15, -0.1) is 0 Å². The summed E-state index contributed by atoms with van der Waals surface area (Å²) in [4.78, 5) is 14.9. The summed E-state index contributed by atoms with van der Waals surface area (Å²) in [5, 5.41) is 10.1. The van der Waals surface area contributed by atoms with Gasteiger partial charge in [0.1, 0.15) is 0 Å². The molecule has 1 saturated heterocycles. The van der Waals surface area contributed by atoms with Gasteiger partial charge in [0, 0.05) is 32.1 Å². The zero-order chi connectivity index (χ0) is 24.4. The van der Waals surface area contributed by atoms with Crippen LogP contribution < -0.4 is 10.6 Å². The van der Waals surface area contributed by atoms with E-state index in [1.807, 2.05) is 0 Å². The van der Waals surface area contributed by atoms with Gasteiger partial charge in [0.2, 0.25) is 5.91 Å².